The molecule has 0 unspecified atom stereocenters. The van der Waals surface area contributed by atoms with Crippen LogP contribution in [0.25, 0.3) is 11.5 Å². The fraction of sp³-hybridized carbons (Fsp3) is 0.250. The highest BCUT2D eigenvalue weighted by molar-refractivity contribution is 5.52. The molecule has 2 rings (SSSR count). The summed E-state index contributed by atoms with van der Waals surface area (Å²) in [6.07, 6.45) is 1.33. The van der Waals surface area contributed by atoms with E-state index in [0.29, 0.717) is 19.0 Å². The van der Waals surface area contributed by atoms with E-state index >= 15 is 0 Å². The summed E-state index contributed by atoms with van der Waals surface area (Å²) in [6.45, 7) is 4.70. The summed E-state index contributed by atoms with van der Waals surface area (Å²) >= 11 is 0. The molecule has 0 saturated heterocycles. The van der Waals surface area contributed by atoms with Gasteiger partial charge in [-0.15, -0.1) is 10.2 Å². The van der Waals surface area contributed by atoms with E-state index in [2.05, 4.69) is 14.9 Å². The van der Waals surface area contributed by atoms with Crippen molar-refractivity contribution in [1.82, 2.24) is 10.2 Å². The molecule has 0 fully saturated rings. The Morgan fingerprint density at radius 3 is 2.47 bits per heavy atom. The molecule has 1 aromatic heterocycles. The van der Waals surface area contributed by atoms with Gasteiger partial charge in [0, 0.05) is 5.56 Å². The third-order valence-electron chi connectivity index (χ3n) is 1.89. The van der Waals surface area contributed by atoms with Crippen LogP contribution in [0.4, 0.5) is 0 Å². The zero-order valence-corrected chi connectivity index (χ0v) is 9.79. The van der Waals surface area contributed by atoms with Crippen molar-refractivity contribution in [2.45, 2.75) is 13.8 Å². The number of hydrogen-bond acceptors (Lipinski definition) is 5. The van der Waals surface area contributed by atoms with Gasteiger partial charge in [-0.1, -0.05) is 17.7 Å². The summed E-state index contributed by atoms with van der Waals surface area (Å²) in [5.41, 5.74) is 2.18. The number of rotatable bonds is 3. The molecule has 0 radical (unpaired) electrons. The van der Waals surface area contributed by atoms with E-state index in [-0.39, 0.29) is 0 Å². The van der Waals surface area contributed by atoms with E-state index < -0.39 is 0 Å². The Kier molecular flexibility index (Phi) is 5.43. The minimum absolute atomic E-state index is 0.431. The largest absolute Gasteiger partial charge is 0.468 e. The average Bonchev–Trinajstić information content (AvgIpc) is 2.85. The Balaban J connectivity index is 0.000000249. The lowest BCUT2D eigenvalue weighted by atomic mass is 10.1. The predicted octanol–water partition coefficient (Wildman–Crippen LogP) is 2.22. The van der Waals surface area contributed by atoms with Crippen LogP contribution < -0.4 is 0 Å². The third kappa shape index (κ3) is 4.46. The number of carbonyl (C=O) groups excluding carboxylic acids is 1. The number of hydrogen-bond donors (Lipinski definition) is 0. The van der Waals surface area contributed by atoms with Crippen molar-refractivity contribution in [1.29, 1.82) is 0 Å². The molecule has 0 N–H and O–H groups in total. The molecule has 90 valence electrons. The van der Waals surface area contributed by atoms with Gasteiger partial charge in [0.15, 0.2) is 0 Å². The zero-order valence-electron chi connectivity index (χ0n) is 9.79. The molecule has 0 spiro atoms. The second-order valence-electron chi connectivity index (χ2n) is 3.16. The zero-order chi connectivity index (χ0) is 12.5. The van der Waals surface area contributed by atoms with Crippen LogP contribution in [-0.2, 0) is 9.53 Å². The predicted molar refractivity (Wildman–Crippen MR) is 62.2 cm³/mol. The molecule has 0 aliphatic carbocycles. The van der Waals surface area contributed by atoms with E-state index in [4.69, 9.17) is 4.42 Å². The SMILES string of the molecule is CCOC=O.Cc1ccc(-c2nnco2)cc1. The van der Waals surface area contributed by atoms with Gasteiger partial charge in [0.2, 0.25) is 12.3 Å². The Hall–Kier alpha value is -2.17. The van der Waals surface area contributed by atoms with Crippen molar-refractivity contribution in [2.75, 3.05) is 6.61 Å². The van der Waals surface area contributed by atoms with Crippen molar-refractivity contribution in [2.24, 2.45) is 0 Å². The van der Waals surface area contributed by atoms with Crippen molar-refractivity contribution >= 4 is 6.47 Å². The van der Waals surface area contributed by atoms with Crippen LogP contribution in [-0.4, -0.2) is 23.3 Å². The van der Waals surface area contributed by atoms with Crippen LogP contribution in [0, 0.1) is 6.92 Å². The minimum Gasteiger partial charge on any atom is -0.468 e. The van der Waals surface area contributed by atoms with Crippen molar-refractivity contribution in [3.05, 3.63) is 36.2 Å². The lowest BCUT2D eigenvalue weighted by Crippen LogP contribution is -1.80. The fourth-order valence-corrected chi connectivity index (χ4v) is 1.06. The molecule has 0 saturated carbocycles. The Labute approximate surface area is 99.4 Å². The molecular weight excluding hydrogens is 220 g/mol. The Morgan fingerprint density at radius 2 is 2.06 bits per heavy atom. The lowest BCUT2D eigenvalue weighted by Gasteiger charge is -1.93. The van der Waals surface area contributed by atoms with Crippen LogP contribution in [0.5, 0.6) is 0 Å². The first kappa shape index (κ1) is 12.9. The molecule has 17 heavy (non-hydrogen) atoms. The first-order chi connectivity index (χ1) is 8.27. The number of ether oxygens (including phenoxy) is 1. The average molecular weight is 234 g/mol. The molecule has 1 aromatic carbocycles. The van der Waals surface area contributed by atoms with Crippen LogP contribution >= 0.6 is 0 Å². The Morgan fingerprint density at radius 1 is 1.35 bits per heavy atom. The minimum atomic E-state index is 0.431. The molecule has 0 aliphatic rings. The highest BCUT2D eigenvalue weighted by atomic mass is 16.5. The maximum Gasteiger partial charge on any atom is 0.293 e. The molecule has 0 atom stereocenters. The normalized spacial score (nSPS) is 9.06. The first-order valence-corrected chi connectivity index (χ1v) is 5.16. The summed E-state index contributed by atoms with van der Waals surface area (Å²) in [5, 5.41) is 7.40. The van der Waals surface area contributed by atoms with Gasteiger partial charge in [0.1, 0.15) is 0 Å². The van der Waals surface area contributed by atoms with Gasteiger partial charge in [-0.2, -0.15) is 0 Å². The van der Waals surface area contributed by atoms with Gasteiger partial charge < -0.3 is 9.15 Å². The summed E-state index contributed by atoms with van der Waals surface area (Å²) in [5.74, 6) is 0.565. The summed E-state index contributed by atoms with van der Waals surface area (Å²) in [4.78, 5) is 9.18. The van der Waals surface area contributed by atoms with Crippen LogP contribution in [0.1, 0.15) is 12.5 Å². The monoisotopic (exact) mass is 234 g/mol. The van der Waals surface area contributed by atoms with Gasteiger partial charge in [-0.3, -0.25) is 4.79 Å². The first-order valence-electron chi connectivity index (χ1n) is 5.16. The van der Waals surface area contributed by atoms with Gasteiger partial charge >= 0.3 is 0 Å². The lowest BCUT2D eigenvalue weighted by molar-refractivity contribution is -0.128. The highest BCUT2D eigenvalue weighted by Gasteiger charge is 2.00. The van der Waals surface area contributed by atoms with Crippen molar-refractivity contribution in [3.63, 3.8) is 0 Å². The molecule has 2 aromatic rings. The maximum absolute atomic E-state index is 9.18. The van der Waals surface area contributed by atoms with Crippen LogP contribution in [0.15, 0.2) is 35.1 Å². The van der Waals surface area contributed by atoms with Crippen molar-refractivity contribution in [3.8, 4) is 11.5 Å². The van der Waals surface area contributed by atoms with Crippen LogP contribution in [0.3, 0.4) is 0 Å². The number of aromatic nitrogens is 2. The van der Waals surface area contributed by atoms with Crippen molar-refractivity contribution < 1.29 is 13.9 Å². The van der Waals surface area contributed by atoms with E-state index in [0.717, 1.165) is 5.56 Å². The van der Waals surface area contributed by atoms with Crippen LogP contribution in [0.2, 0.25) is 0 Å². The molecular formula is C12H14N2O3. The van der Waals surface area contributed by atoms with Gasteiger partial charge in [0.05, 0.1) is 6.61 Å². The fourth-order valence-electron chi connectivity index (χ4n) is 1.06. The van der Waals surface area contributed by atoms with E-state index in [1.807, 2.05) is 31.2 Å². The highest BCUT2D eigenvalue weighted by Crippen LogP contribution is 2.15. The molecule has 0 amide bonds. The number of benzene rings is 1. The van der Waals surface area contributed by atoms with E-state index in [1.165, 1.54) is 12.0 Å². The number of aryl methyl sites for hydroxylation is 1. The topological polar surface area (TPSA) is 65.2 Å². The molecule has 0 bridgehead atoms. The summed E-state index contributed by atoms with van der Waals surface area (Å²) in [7, 11) is 0. The van der Waals surface area contributed by atoms with Gasteiger partial charge in [-0.05, 0) is 26.0 Å². The molecule has 0 aliphatic heterocycles. The number of nitrogens with zero attached hydrogens (tertiary/aromatic N) is 2. The van der Waals surface area contributed by atoms with Gasteiger partial charge in [-0.25, -0.2) is 0 Å². The second-order valence-corrected chi connectivity index (χ2v) is 3.16. The van der Waals surface area contributed by atoms with E-state index in [1.54, 1.807) is 6.92 Å². The quantitative estimate of drug-likeness (QED) is 0.762. The van der Waals surface area contributed by atoms with E-state index in [9.17, 15) is 4.79 Å². The number of carbonyl (C=O) groups is 1. The van der Waals surface area contributed by atoms with Gasteiger partial charge in [0.25, 0.3) is 6.47 Å². The smallest absolute Gasteiger partial charge is 0.293 e. The molecule has 5 heteroatoms. The second kappa shape index (κ2) is 7.16. The standard InChI is InChI=1S/C9H8N2O.C3H6O2/c1-7-2-4-8(5-3-7)9-11-10-6-12-9;1-2-5-3-4/h2-6H,1H3;3H,2H2,1H3. The third-order valence-corrected chi connectivity index (χ3v) is 1.89. The Bertz CT molecular complexity index is 424. The summed E-state index contributed by atoms with van der Waals surface area (Å²) < 4.78 is 9.19. The summed E-state index contributed by atoms with van der Waals surface area (Å²) in [6, 6.07) is 7.95. The maximum atomic E-state index is 9.18. The molecule has 5 nitrogen and oxygen atoms in total. The molecule has 1 heterocycles.